The molecule has 0 aromatic heterocycles. The molecule has 1 amide bonds. The van der Waals surface area contributed by atoms with Crippen LogP contribution in [0.15, 0.2) is 18.2 Å². The molecular weight excluding hydrogens is 240 g/mol. The molecule has 0 bridgehead atoms. The molecule has 4 heteroatoms. The number of nitriles is 1. The van der Waals surface area contributed by atoms with Crippen LogP contribution in [0.3, 0.4) is 0 Å². The number of benzene rings is 1. The maximum Gasteiger partial charge on any atom is 0.234 e. The SMILES string of the molecule is COc1ccc(C)cc1C(C)(C)CNC(=O)CC#N. The van der Waals surface area contributed by atoms with Crippen molar-refractivity contribution in [3.63, 3.8) is 0 Å². The monoisotopic (exact) mass is 260 g/mol. The van der Waals surface area contributed by atoms with E-state index in [-0.39, 0.29) is 17.7 Å². The third-order valence-electron chi connectivity index (χ3n) is 3.05. The summed E-state index contributed by atoms with van der Waals surface area (Å²) in [4.78, 5) is 11.4. The molecule has 4 nitrogen and oxygen atoms in total. The molecule has 19 heavy (non-hydrogen) atoms. The van der Waals surface area contributed by atoms with Gasteiger partial charge < -0.3 is 10.1 Å². The highest BCUT2D eigenvalue weighted by Crippen LogP contribution is 2.31. The first-order valence-electron chi connectivity index (χ1n) is 6.19. The molecule has 0 atom stereocenters. The average molecular weight is 260 g/mol. The minimum Gasteiger partial charge on any atom is -0.496 e. The Morgan fingerprint density at radius 2 is 2.16 bits per heavy atom. The van der Waals surface area contributed by atoms with E-state index in [0.717, 1.165) is 16.9 Å². The molecule has 0 fully saturated rings. The molecule has 1 N–H and O–H groups in total. The second-order valence-electron chi connectivity index (χ2n) is 5.20. The molecule has 0 saturated heterocycles. The average Bonchev–Trinajstić information content (AvgIpc) is 2.37. The van der Waals surface area contributed by atoms with E-state index < -0.39 is 0 Å². The molecule has 1 rings (SSSR count). The van der Waals surface area contributed by atoms with Gasteiger partial charge in [-0.1, -0.05) is 31.5 Å². The lowest BCUT2D eigenvalue weighted by Gasteiger charge is -2.27. The Hall–Kier alpha value is -2.02. The fraction of sp³-hybridized carbons (Fsp3) is 0.467. The predicted molar refractivity (Wildman–Crippen MR) is 74.0 cm³/mol. The summed E-state index contributed by atoms with van der Waals surface area (Å²) in [7, 11) is 1.64. The van der Waals surface area contributed by atoms with E-state index in [0.29, 0.717) is 6.54 Å². The molecule has 0 unspecified atom stereocenters. The Balaban J connectivity index is 2.90. The molecule has 0 saturated carbocycles. The zero-order valence-electron chi connectivity index (χ0n) is 11.9. The van der Waals surface area contributed by atoms with Gasteiger partial charge in [0, 0.05) is 17.5 Å². The maximum atomic E-state index is 11.4. The van der Waals surface area contributed by atoms with Crippen LogP contribution >= 0.6 is 0 Å². The molecule has 0 aliphatic carbocycles. The smallest absolute Gasteiger partial charge is 0.234 e. The highest BCUT2D eigenvalue weighted by atomic mass is 16.5. The number of methoxy groups -OCH3 is 1. The molecule has 1 aromatic rings. The third kappa shape index (κ3) is 3.99. The molecule has 1 aromatic carbocycles. The first-order valence-corrected chi connectivity index (χ1v) is 6.19. The number of ether oxygens (including phenoxy) is 1. The predicted octanol–water partition coefficient (Wildman–Crippen LogP) is 2.31. The van der Waals surface area contributed by atoms with Gasteiger partial charge in [-0.05, 0) is 13.0 Å². The van der Waals surface area contributed by atoms with Gasteiger partial charge in [-0.25, -0.2) is 0 Å². The second kappa shape index (κ2) is 6.24. The second-order valence-corrected chi connectivity index (χ2v) is 5.20. The Morgan fingerprint density at radius 1 is 1.47 bits per heavy atom. The quantitative estimate of drug-likeness (QED) is 0.883. The van der Waals surface area contributed by atoms with Crippen molar-refractivity contribution in [2.45, 2.75) is 32.6 Å². The fourth-order valence-electron chi connectivity index (χ4n) is 1.90. The lowest BCUT2D eigenvalue weighted by Crippen LogP contribution is -2.36. The fourth-order valence-corrected chi connectivity index (χ4v) is 1.90. The normalized spacial score (nSPS) is 10.7. The first kappa shape index (κ1) is 15.0. The molecule has 0 heterocycles. The van der Waals surface area contributed by atoms with E-state index in [9.17, 15) is 4.79 Å². The van der Waals surface area contributed by atoms with E-state index in [2.05, 4.69) is 11.4 Å². The zero-order valence-corrected chi connectivity index (χ0v) is 11.9. The van der Waals surface area contributed by atoms with Gasteiger partial charge >= 0.3 is 0 Å². The number of nitrogens with one attached hydrogen (secondary N) is 1. The summed E-state index contributed by atoms with van der Waals surface area (Å²) in [5.74, 6) is 0.562. The molecule has 0 radical (unpaired) electrons. The van der Waals surface area contributed by atoms with Crippen molar-refractivity contribution in [3.8, 4) is 11.8 Å². The van der Waals surface area contributed by atoms with Gasteiger partial charge in [0.25, 0.3) is 0 Å². The van der Waals surface area contributed by atoms with E-state index in [1.807, 2.05) is 39.0 Å². The summed E-state index contributed by atoms with van der Waals surface area (Å²) >= 11 is 0. The largest absolute Gasteiger partial charge is 0.496 e. The van der Waals surface area contributed by atoms with E-state index in [1.54, 1.807) is 7.11 Å². The van der Waals surface area contributed by atoms with Gasteiger partial charge in [0.1, 0.15) is 12.2 Å². The maximum absolute atomic E-state index is 11.4. The summed E-state index contributed by atoms with van der Waals surface area (Å²) in [6.45, 7) is 6.56. The summed E-state index contributed by atoms with van der Waals surface area (Å²) in [6, 6.07) is 7.83. The van der Waals surface area contributed by atoms with Gasteiger partial charge in [-0.2, -0.15) is 5.26 Å². The molecule has 0 aliphatic rings. The van der Waals surface area contributed by atoms with Gasteiger partial charge in [0.05, 0.1) is 13.2 Å². The minimum absolute atomic E-state index is 0.110. The van der Waals surface area contributed by atoms with Crippen molar-refractivity contribution in [2.75, 3.05) is 13.7 Å². The number of amides is 1. The molecular formula is C15H20N2O2. The van der Waals surface area contributed by atoms with E-state index >= 15 is 0 Å². The van der Waals surface area contributed by atoms with Crippen LogP contribution in [0, 0.1) is 18.3 Å². The highest BCUT2D eigenvalue weighted by Gasteiger charge is 2.25. The lowest BCUT2D eigenvalue weighted by atomic mass is 9.83. The van der Waals surface area contributed by atoms with Gasteiger partial charge in [0.15, 0.2) is 0 Å². The van der Waals surface area contributed by atoms with Crippen LogP contribution < -0.4 is 10.1 Å². The van der Waals surface area contributed by atoms with Gasteiger partial charge in [-0.15, -0.1) is 0 Å². The first-order chi connectivity index (χ1) is 8.90. The van der Waals surface area contributed by atoms with Crippen molar-refractivity contribution >= 4 is 5.91 Å². The van der Waals surface area contributed by atoms with Crippen LogP contribution in [-0.4, -0.2) is 19.6 Å². The number of carbonyl (C=O) groups excluding carboxylic acids is 1. The Labute approximate surface area is 114 Å². The Kier molecular flexibility index (Phi) is 4.94. The summed E-state index contributed by atoms with van der Waals surface area (Å²) in [6.07, 6.45) is -0.110. The summed E-state index contributed by atoms with van der Waals surface area (Å²) in [5.41, 5.74) is 1.93. The van der Waals surface area contributed by atoms with Crippen LogP contribution in [0.25, 0.3) is 0 Å². The van der Waals surface area contributed by atoms with Crippen LogP contribution in [-0.2, 0) is 10.2 Å². The van der Waals surface area contributed by atoms with Gasteiger partial charge in [-0.3, -0.25) is 4.79 Å². The molecule has 0 aliphatic heterocycles. The van der Waals surface area contributed by atoms with Crippen molar-refractivity contribution in [1.82, 2.24) is 5.32 Å². The van der Waals surface area contributed by atoms with E-state index in [4.69, 9.17) is 10.00 Å². The standard InChI is InChI=1S/C15H20N2O2/c1-11-5-6-13(19-4)12(9-11)15(2,3)10-17-14(18)7-8-16/h5-6,9H,7,10H2,1-4H3,(H,17,18). The van der Waals surface area contributed by atoms with Crippen LogP contribution in [0.2, 0.25) is 0 Å². The summed E-state index contributed by atoms with van der Waals surface area (Å²) in [5, 5.41) is 11.2. The van der Waals surface area contributed by atoms with Crippen molar-refractivity contribution in [2.24, 2.45) is 0 Å². The number of hydrogen-bond donors (Lipinski definition) is 1. The number of aryl methyl sites for hydroxylation is 1. The number of nitrogens with zero attached hydrogens (tertiary/aromatic N) is 1. The highest BCUT2D eigenvalue weighted by molar-refractivity contribution is 5.78. The third-order valence-corrected chi connectivity index (χ3v) is 3.05. The molecule has 0 spiro atoms. The topological polar surface area (TPSA) is 62.1 Å². The van der Waals surface area contributed by atoms with Crippen molar-refractivity contribution in [1.29, 1.82) is 5.26 Å². The zero-order chi connectivity index (χ0) is 14.5. The molecule has 102 valence electrons. The van der Waals surface area contributed by atoms with Crippen LogP contribution in [0.5, 0.6) is 5.75 Å². The van der Waals surface area contributed by atoms with E-state index in [1.165, 1.54) is 0 Å². The number of rotatable bonds is 5. The summed E-state index contributed by atoms with van der Waals surface area (Å²) < 4.78 is 5.38. The minimum atomic E-state index is -0.261. The van der Waals surface area contributed by atoms with Crippen LogP contribution in [0.4, 0.5) is 0 Å². The van der Waals surface area contributed by atoms with Crippen molar-refractivity contribution in [3.05, 3.63) is 29.3 Å². The number of hydrogen-bond acceptors (Lipinski definition) is 3. The van der Waals surface area contributed by atoms with Crippen molar-refractivity contribution < 1.29 is 9.53 Å². The van der Waals surface area contributed by atoms with Gasteiger partial charge in [0.2, 0.25) is 5.91 Å². The van der Waals surface area contributed by atoms with Crippen LogP contribution in [0.1, 0.15) is 31.4 Å². The Morgan fingerprint density at radius 3 is 2.74 bits per heavy atom. The number of carbonyl (C=O) groups is 1. The Bertz CT molecular complexity index is 501. The lowest BCUT2D eigenvalue weighted by molar-refractivity contribution is -0.120.